The molecule has 2 aromatic rings. The Morgan fingerprint density at radius 1 is 1.35 bits per heavy atom. The fraction of sp³-hybridized carbons (Fsp3) is 0.214. The van der Waals surface area contributed by atoms with E-state index in [9.17, 15) is 9.59 Å². The maximum atomic E-state index is 12.2. The number of carbonyl (C=O) groups is 2. The second-order valence-corrected chi connectivity index (χ2v) is 5.08. The minimum atomic E-state index is -1.11. The molecule has 0 spiro atoms. The average Bonchev–Trinajstić information content (AvgIpc) is 2.98. The minimum absolute atomic E-state index is 0.000933. The van der Waals surface area contributed by atoms with Gasteiger partial charge in [-0.3, -0.25) is 4.79 Å². The lowest BCUT2D eigenvalue weighted by molar-refractivity contribution is 0.0690. The Morgan fingerprint density at radius 2 is 2.05 bits per heavy atom. The van der Waals surface area contributed by atoms with Crippen molar-refractivity contribution in [3.05, 3.63) is 52.0 Å². The first-order valence-corrected chi connectivity index (χ1v) is 7.04. The molecule has 0 radical (unpaired) electrons. The molecule has 104 valence electrons. The summed E-state index contributed by atoms with van der Waals surface area (Å²) in [6.45, 7) is 1.94. The highest BCUT2D eigenvalue weighted by Gasteiger charge is 2.20. The van der Waals surface area contributed by atoms with Gasteiger partial charge in [0.2, 0.25) is 0 Å². The summed E-state index contributed by atoms with van der Waals surface area (Å²) in [5, 5.41) is 14.6. The highest BCUT2D eigenvalue weighted by molar-refractivity contribution is 7.09. The van der Waals surface area contributed by atoms with Crippen LogP contribution in [-0.2, 0) is 0 Å². The molecule has 0 aliphatic heterocycles. The number of hydrogen-bond donors (Lipinski definition) is 2. The van der Waals surface area contributed by atoms with E-state index in [0.29, 0.717) is 6.42 Å². The number of carboxylic acid groups (broad SMARTS) is 1. The molecule has 2 rings (SSSR count). The first kappa shape index (κ1) is 14.2. The van der Waals surface area contributed by atoms with Crippen molar-refractivity contribution in [2.24, 2.45) is 0 Å². The van der Waals surface area contributed by atoms with Gasteiger partial charge in [-0.05, 0) is 18.6 Å². The van der Waals surface area contributed by atoms with E-state index in [0.717, 1.165) is 5.01 Å². The van der Waals surface area contributed by atoms with E-state index < -0.39 is 11.9 Å². The Hall–Kier alpha value is -2.21. The highest BCUT2D eigenvalue weighted by atomic mass is 32.1. The smallest absolute Gasteiger partial charge is 0.336 e. The summed E-state index contributed by atoms with van der Waals surface area (Å²) >= 11 is 1.46. The van der Waals surface area contributed by atoms with Gasteiger partial charge in [0.1, 0.15) is 5.01 Å². The molecule has 0 aliphatic rings. The lowest BCUT2D eigenvalue weighted by atomic mass is 10.1. The van der Waals surface area contributed by atoms with Gasteiger partial charge in [-0.15, -0.1) is 11.3 Å². The van der Waals surface area contributed by atoms with Crippen LogP contribution in [0.1, 0.15) is 45.1 Å². The van der Waals surface area contributed by atoms with Crippen molar-refractivity contribution in [3.63, 3.8) is 0 Å². The van der Waals surface area contributed by atoms with Crippen molar-refractivity contribution in [2.75, 3.05) is 0 Å². The molecule has 6 heteroatoms. The van der Waals surface area contributed by atoms with Crippen molar-refractivity contribution in [3.8, 4) is 0 Å². The Labute approximate surface area is 120 Å². The van der Waals surface area contributed by atoms with E-state index in [4.69, 9.17) is 5.11 Å². The fourth-order valence-electron chi connectivity index (χ4n) is 1.85. The summed E-state index contributed by atoms with van der Waals surface area (Å²) in [4.78, 5) is 27.5. The largest absolute Gasteiger partial charge is 0.478 e. The molecule has 1 heterocycles. The third-order valence-corrected chi connectivity index (χ3v) is 3.75. The van der Waals surface area contributed by atoms with Crippen molar-refractivity contribution in [1.29, 1.82) is 0 Å². The summed E-state index contributed by atoms with van der Waals surface area (Å²) in [7, 11) is 0. The molecule has 20 heavy (non-hydrogen) atoms. The Bertz CT molecular complexity index is 611. The van der Waals surface area contributed by atoms with Crippen LogP contribution in [-0.4, -0.2) is 22.0 Å². The van der Waals surface area contributed by atoms with Crippen molar-refractivity contribution < 1.29 is 14.7 Å². The van der Waals surface area contributed by atoms with Crippen LogP contribution in [0.25, 0.3) is 0 Å². The first-order valence-electron chi connectivity index (χ1n) is 6.16. The number of nitrogens with zero attached hydrogens (tertiary/aromatic N) is 1. The number of aromatic nitrogens is 1. The number of carboxylic acids is 1. The summed E-state index contributed by atoms with van der Waals surface area (Å²) in [6, 6.07) is 5.96. The van der Waals surface area contributed by atoms with Crippen LogP contribution in [0.4, 0.5) is 0 Å². The average molecular weight is 290 g/mol. The number of nitrogens with one attached hydrogen (secondary N) is 1. The van der Waals surface area contributed by atoms with Crippen molar-refractivity contribution in [2.45, 2.75) is 19.4 Å². The summed E-state index contributed by atoms with van der Waals surface area (Å²) < 4.78 is 0. The van der Waals surface area contributed by atoms with Gasteiger partial charge in [-0.1, -0.05) is 19.1 Å². The second-order valence-electron chi connectivity index (χ2n) is 4.16. The van der Waals surface area contributed by atoms with Gasteiger partial charge in [0, 0.05) is 11.6 Å². The molecule has 1 unspecified atom stereocenters. The highest BCUT2D eigenvalue weighted by Crippen LogP contribution is 2.20. The van der Waals surface area contributed by atoms with E-state index in [-0.39, 0.29) is 17.2 Å². The Balaban J connectivity index is 2.22. The van der Waals surface area contributed by atoms with Gasteiger partial charge in [-0.25, -0.2) is 9.78 Å². The molecular weight excluding hydrogens is 276 g/mol. The standard InChI is InChI=1S/C14H14N2O3S/c1-2-11(13-15-7-8-20-13)16-12(17)9-5-3-4-6-10(9)14(18)19/h3-8,11H,2H2,1H3,(H,16,17)(H,18,19). The molecule has 0 fully saturated rings. The van der Waals surface area contributed by atoms with E-state index in [1.807, 2.05) is 12.3 Å². The maximum Gasteiger partial charge on any atom is 0.336 e. The lowest BCUT2D eigenvalue weighted by Gasteiger charge is -2.15. The predicted molar refractivity (Wildman–Crippen MR) is 76.0 cm³/mol. The Morgan fingerprint density at radius 3 is 2.60 bits per heavy atom. The third-order valence-electron chi connectivity index (χ3n) is 2.87. The van der Waals surface area contributed by atoms with E-state index in [1.165, 1.54) is 23.5 Å². The molecule has 1 amide bonds. The monoisotopic (exact) mass is 290 g/mol. The van der Waals surface area contributed by atoms with Gasteiger partial charge in [0.25, 0.3) is 5.91 Å². The molecule has 1 aromatic carbocycles. The molecular formula is C14H14N2O3S. The SMILES string of the molecule is CCC(NC(=O)c1ccccc1C(=O)O)c1nccs1. The molecule has 0 saturated carbocycles. The minimum Gasteiger partial charge on any atom is -0.478 e. The normalized spacial score (nSPS) is 11.8. The van der Waals surface area contributed by atoms with Gasteiger partial charge in [0.05, 0.1) is 17.2 Å². The molecule has 1 aromatic heterocycles. The molecule has 0 saturated heterocycles. The first-order chi connectivity index (χ1) is 9.63. The number of aromatic carboxylic acids is 1. The van der Waals surface area contributed by atoms with E-state index in [1.54, 1.807) is 18.3 Å². The van der Waals surface area contributed by atoms with Gasteiger partial charge in [-0.2, -0.15) is 0 Å². The van der Waals surface area contributed by atoms with E-state index >= 15 is 0 Å². The number of thiazole rings is 1. The number of carbonyl (C=O) groups excluding carboxylic acids is 1. The summed E-state index contributed by atoms with van der Waals surface area (Å²) in [6.07, 6.45) is 2.37. The molecule has 5 nitrogen and oxygen atoms in total. The second kappa shape index (κ2) is 6.29. The Kier molecular flexibility index (Phi) is 4.47. The van der Waals surface area contributed by atoms with Crippen LogP contribution >= 0.6 is 11.3 Å². The topological polar surface area (TPSA) is 79.3 Å². The predicted octanol–water partition coefficient (Wildman–Crippen LogP) is 2.72. The number of amides is 1. The number of benzene rings is 1. The van der Waals surface area contributed by atoms with Crippen molar-refractivity contribution >= 4 is 23.2 Å². The zero-order valence-corrected chi connectivity index (χ0v) is 11.7. The van der Waals surface area contributed by atoms with Gasteiger partial charge >= 0.3 is 5.97 Å². The number of hydrogen-bond acceptors (Lipinski definition) is 4. The van der Waals surface area contributed by atoms with Gasteiger partial charge < -0.3 is 10.4 Å². The zero-order valence-electron chi connectivity index (χ0n) is 10.9. The van der Waals surface area contributed by atoms with E-state index in [2.05, 4.69) is 10.3 Å². The van der Waals surface area contributed by atoms with Crippen LogP contribution in [0.15, 0.2) is 35.8 Å². The fourth-order valence-corrected chi connectivity index (χ4v) is 2.62. The summed E-state index contributed by atoms with van der Waals surface area (Å²) in [5.41, 5.74) is 0.161. The zero-order chi connectivity index (χ0) is 14.5. The summed E-state index contributed by atoms with van der Waals surface area (Å²) in [5.74, 6) is -1.51. The van der Waals surface area contributed by atoms with Gasteiger partial charge in [0.15, 0.2) is 0 Å². The molecule has 0 bridgehead atoms. The van der Waals surface area contributed by atoms with Crippen LogP contribution < -0.4 is 5.32 Å². The van der Waals surface area contributed by atoms with Crippen LogP contribution in [0.3, 0.4) is 0 Å². The van der Waals surface area contributed by atoms with Crippen molar-refractivity contribution in [1.82, 2.24) is 10.3 Å². The maximum absolute atomic E-state index is 12.2. The lowest BCUT2D eigenvalue weighted by Crippen LogP contribution is -2.29. The third kappa shape index (κ3) is 3.03. The van der Waals surface area contributed by atoms with Crippen LogP contribution in [0.2, 0.25) is 0 Å². The molecule has 0 aliphatic carbocycles. The number of rotatable bonds is 5. The molecule has 1 atom stereocenters. The quantitative estimate of drug-likeness (QED) is 0.887. The molecule has 2 N–H and O–H groups in total. The van der Waals surface area contributed by atoms with Crippen LogP contribution in [0.5, 0.6) is 0 Å². The van der Waals surface area contributed by atoms with Crippen LogP contribution in [0, 0.1) is 0 Å².